The summed E-state index contributed by atoms with van der Waals surface area (Å²) in [5.74, 6) is -4.97. The number of nitrogens with one attached hydrogen (secondary N) is 2. The molecule has 1 atom stereocenters. The molecule has 3 rings (SSSR count). The zero-order valence-corrected chi connectivity index (χ0v) is 18.2. The number of carbonyl (C=O) groups is 2. The van der Waals surface area contributed by atoms with Gasteiger partial charge in [-0.05, 0) is 30.2 Å². The Morgan fingerprint density at radius 2 is 1.67 bits per heavy atom. The van der Waals surface area contributed by atoms with Gasteiger partial charge in [0.05, 0.1) is 0 Å². The third-order valence-electron chi connectivity index (χ3n) is 4.57. The van der Waals surface area contributed by atoms with Crippen LogP contribution >= 0.6 is 0 Å². The number of rotatable bonds is 8. The zero-order valence-electron chi connectivity index (χ0n) is 17.4. The molecule has 0 radical (unpaired) electrons. The maximum Gasteiger partial charge on any atom is 0.326 e. The summed E-state index contributed by atoms with van der Waals surface area (Å²) in [5.41, 5.74) is 0.701. The number of nitrogens with zero attached hydrogens (tertiary/aromatic N) is 1. The van der Waals surface area contributed by atoms with Crippen LogP contribution < -0.4 is 10.0 Å². The second kappa shape index (κ2) is 9.36. The van der Waals surface area contributed by atoms with E-state index >= 15 is 0 Å². The van der Waals surface area contributed by atoms with Crippen molar-refractivity contribution >= 4 is 27.6 Å². The highest BCUT2D eigenvalue weighted by Gasteiger charge is 2.26. The smallest absolute Gasteiger partial charge is 0.326 e. The Labute approximate surface area is 187 Å². The molecule has 1 heterocycles. The molecule has 0 spiro atoms. The fourth-order valence-electron chi connectivity index (χ4n) is 2.90. The highest BCUT2D eigenvalue weighted by atomic mass is 32.2. The minimum Gasteiger partial charge on any atom is -0.480 e. The molecule has 0 aliphatic rings. The summed E-state index contributed by atoms with van der Waals surface area (Å²) in [7, 11) is -4.52. The highest BCUT2D eigenvalue weighted by molar-refractivity contribution is 7.92. The molecular formula is C21H19F2N3O6S. The minimum atomic E-state index is -4.52. The lowest BCUT2D eigenvalue weighted by atomic mass is 10.0. The molecule has 0 saturated heterocycles. The summed E-state index contributed by atoms with van der Waals surface area (Å²) < 4.78 is 59.4. The van der Waals surface area contributed by atoms with Gasteiger partial charge in [0, 0.05) is 17.3 Å². The first kappa shape index (κ1) is 23.9. The molecule has 174 valence electrons. The first-order valence-electron chi connectivity index (χ1n) is 9.57. The van der Waals surface area contributed by atoms with Crippen molar-refractivity contribution in [3.8, 4) is 11.3 Å². The number of carboxylic acids is 1. The van der Waals surface area contributed by atoms with Gasteiger partial charge in [0.15, 0.2) is 4.90 Å². The lowest BCUT2D eigenvalue weighted by Crippen LogP contribution is -2.44. The Hall–Kier alpha value is -3.80. The molecule has 0 aliphatic heterocycles. The number of aliphatic carboxylic acids is 1. The van der Waals surface area contributed by atoms with Gasteiger partial charge in [0.25, 0.3) is 15.9 Å². The van der Waals surface area contributed by atoms with Crippen LogP contribution in [0.5, 0.6) is 0 Å². The van der Waals surface area contributed by atoms with Crippen molar-refractivity contribution in [3.05, 3.63) is 65.9 Å². The number of carbonyl (C=O) groups excluding carboxylic acids is 1. The second-order valence-corrected chi connectivity index (χ2v) is 8.96. The van der Waals surface area contributed by atoms with E-state index in [2.05, 4.69) is 15.2 Å². The molecule has 0 unspecified atom stereocenters. The average molecular weight is 479 g/mol. The number of hydrogen-bond acceptors (Lipinski definition) is 6. The fraction of sp³-hybridized carbons (Fsp3) is 0.190. The molecule has 0 aliphatic carbocycles. The topological polar surface area (TPSA) is 139 Å². The van der Waals surface area contributed by atoms with Gasteiger partial charge in [-0.1, -0.05) is 37.2 Å². The van der Waals surface area contributed by atoms with Crippen molar-refractivity contribution in [1.82, 2.24) is 10.5 Å². The molecule has 9 nitrogen and oxygen atoms in total. The normalized spacial score (nSPS) is 12.4. The molecule has 2 aromatic carbocycles. The predicted molar refractivity (Wildman–Crippen MR) is 113 cm³/mol. The Balaban J connectivity index is 1.75. The van der Waals surface area contributed by atoms with Gasteiger partial charge in [-0.25, -0.2) is 22.0 Å². The van der Waals surface area contributed by atoms with Crippen LogP contribution in [0.4, 0.5) is 14.5 Å². The van der Waals surface area contributed by atoms with E-state index in [4.69, 9.17) is 4.52 Å². The second-order valence-electron chi connectivity index (χ2n) is 7.34. The van der Waals surface area contributed by atoms with Crippen molar-refractivity contribution in [2.75, 3.05) is 4.72 Å². The first-order valence-corrected chi connectivity index (χ1v) is 11.1. The number of carboxylic acid groups (broad SMARTS) is 1. The van der Waals surface area contributed by atoms with Crippen LogP contribution in [0.1, 0.15) is 24.4 Å². The summed E-state index contributed by atoms with van der Waals surface area (Å²) in [6, 6.07) is 8.46. The Morgan fingerprint density at radius 1 is 1.06 bits per heavy atom. The molecule has 0 fully saturated rings. The summed E-state index contributed by atoms with van der Waals surface area (Å²) in [5, 5.41) is 15.3. The fourth-order valence-corrected chi connectivity index (χ4v) is 4.10. The molecule has 33 heavy (non-hydrogen) atoms. The maximum atomic E-state index is 13.8. The monoisotopic (exact) mass is 479 g/mol. The Morgan fingerprint density at radius 3 is 2.21 bits per heavy atom. The van der Waals surface area contributed by atoms with Gasteiger partial charge in [0.1, 0.15) is 23.4 Å². The number of halogens is 2. The van der Waals surface area contributed by atoms with Crippen LogP contribution in [-0.2, 0) is 14.8 Å². The van der Waals surface area contributed by atoms with Crippen LogP contribution in [-0.4, -0.2) is 36.6 Å². The minimum absolute atomic E-state index is 0.0316. The third-order valence-corrected chi connectivity index (χ3v) is 6.01. The van der Waals surface area contributed by atoms with E-state index in [1.807, 2.05) is 0 Å². The Kier molecular flexibility index (Phi) is 6.77. The van der Waals surface area contributed by atoms with Gasteiger partial charge in [-0.3, -0.25) is 9.52 Å². The van der Waals surface area contributed by atoms with Crippen LogP contribution in [0.3, 0.4) is 0 Å². The van der Waals surface area contributed by atoms with Gasteiger partial charge in [-0.15, -0.1) is 0 Å². The van der Waals surface area contributed by atoms with Gasteiger partial charge in [-0.2, -0.15) is 0 Å². The van der Waals surface area contributed by atoms with E-state index in [0.717, 1.165) is 18.2 Å². The van der Waals surface area contributed by atoms with E-state index in [0.29, 0.717) is 5.56 Å². The largest absolute Gasteiger partial charge is 0.480 e. The molecule has 1 amide bonds. The Bertz CT molecular complexity index is 1270. The lowest BCUT2D eigenvalue weighted by molar-refractivity contribution is -0.140. The maximum absolute atomic E-state index is 13.8. The SMILES string of the molecule is CC(C)[C@H](NC(=O)c1cc(-c2ccc(NS(=O)(=O)c3c(F)cccc3F)cc2)no1)C(=O)O. The summed E-state index contributed by atoms with van der Waals surface area (Å²) >= 11 is 0. The molecule has 1 aromatic heterocycles. The number of aromatic nitrogens is 1. The summed E-state index contributed by atoms with van der Waals surface area (Å²) in [4.78, 5) is 22.4. The van der Waals surface area contributed by atoms with Crippen molar-refractivity contribution in [3.63, 3.8) is 0 Å². The van der Waals surface area contributed by atoms with Crippen LogP contribution in [0, 0.1) is 17.6 Å². The predicted octanol–water partition coefficient (Wildman–Crippen LogP) is 3.26. The number of sulfonamides is 1. The molecule has 12 heteroatoms. The standard InChI is InChI=1S/C21H19F2N3O6S/c1-11(2)18(21(28)29)24-20(27)17-10-16(25-32-17)12-6-8-13(9-7-12)26-33(30,31)19-14(22)4-3-5-15(19)23/h3-11,18,26H,1-2H3,(H,24,27)(H,28,29)/t18-/m0/s1. The van der Waals surface area contributed by atoms with E-state index in [1.165, 1.54) is 30.3 Å². The lowest BCUT2D eigenvalue weighted by Gasteiger charge is -2.16. The third kappa shape index (κ3) is 5.34. The zero-order chi connectivity index (χ0) is 24.3. The van der Waals surface area contributed by atoms with Crippen molar-refractivity contribution in [2.45, 2.75) is 24.8 Å². The van der Waals surface area contributed by atoms with Crippen LogP contribution in [0.15, 0.2) is 57.9 Å². The van der Waals surface area contributed by atoms with E-state index in [-0.39, 0.29) is 23.1 Å². The molecule has 0 bridgehead atoms. The van der Waals surface area contributed by atoms with Gasteiger partial charge in [0.2, 0.25) is 5.76 Å². The van der Waals surface area contributed by atoms with Crippen molar-refractivity contribution < 1.29 is 36.4 Å². The summed E-state index contributed by atoms with van der Waals surface area (Å²) in [6.45, 7) is 3.28. The molecule has 3 aromatic rings. The summed E-state index contributed by atoms with van der Waals surface area (Å²) in [6.07, 6.45) is 0. The number of anilines is 1. The number of amides is 1. The van der Waals surface area contributed by atoms with E-state index < -0.39 is 44.5 Å². The molecule has 3 N–H and O–H groups in total. The highest BCUT2D eigenvalue weighted by Crippen LogP contribution is 2.25. The van der Waals surface area contributed by atoms with E-state index in [1.54, 1.807) is 13.8 Å². The number of benzene rings is 2. The van der Waals surface area contributed by atoms with Crippen LogP contribution in [0.2, 0.25) is 0 Å². The quantitative estimate of drug-likeness (QED) is 0.451. The molecular weight excluding hydrogens is 460 g/mol. The average Bonchev–Trinajstić information content (AvgIpc) is 3.21. The number of hydrogen-bond donors (Lipinski definition) is 3. The van der Waals surface area contributed by atoms with E-state index in [9.17, 15) is 31.9 Å². The van der Waals surface area contributed by atoms with Gasteiger partial charge < -0.3 is 14.9 Å². The van der Waals surface area contributed by atoms with Crippen LogP contribution in [0.25, 0.3) is 11.3 Å². The van der Waals surface area contributed by atoms with Crippen molar-refractivity contribution in [2.24, 2.45) is 5.92 Å². The van der Waals surface area contributed by atoms with Gasteiger partial charge >= 0.3 is 5.97 Å². The molecule has 0 saturated carbocycles. The first-order chi connectivity index (χ1) is 15.5. The van der Waals surface area contributed by atoms with Crippen molar-refractivity contribution in [1.29, 1.82) is 0 Å².